The Morgan fingerprint density at radius 2 is 2.10 bits per heavy atom. The number of hydrogen-bond donors (Lipinski definition) is 1. The Hall–Kier alpha value is -2.37. The first-order chi connectivity index (χ1) is 10.2. The van der Waals surface area contributed by atoms with Crippen molar-refractivity contribution < 1.29 is 0 Å². The van der Waals surface area contributed by atoms with Gasteiger partial charge < -0.3 is 10.3 Å². The van der Waals surface area contributed by atoms with Crippen molar-refractivity contribution in [2.24, 2.45) is 7.05 Å². The number of fused-ring (bicyclic) bond motifs is 1. The van der Waals surface area contributed by atoms with E-state index in [4.69, 9.17) is 10.7 Å². The van der Waals surface area contributed by atoms with Gasteiger partial charge in [-0.25, -0.2) is 9.97 Å². The molecule has 0 atom stereocenters. The molecule has 0 saturated carbocycles. The lowest BCUT2D eigenvalue weighted by molar-refractivity contribution is 0.635. The number of benzene rings is 1. The first-order valence-electron chi connectivity index (χ1n) is 7.26. The molecule has 2 heterocycles. The molecule has 0 spiro atoms. The fraction of sp³-hybridized carbons (Fsp3) is 0.400. The first kappa shape index (κ1) is 13.6. The van der Waals surface area contributed by atoms with Crippen LogP contribution in [-0.2, 0) is 26.4 Å². The second-order valence-corrected chi connectivity index (χ2v) is 5.26. The summed E-state index contributed by atoms with van der Waals surface area (Å²) < 4.78 is 3.99. The lowest BCUT2D eigenvalue weighted by atomic mass is 10.2. The van der Waals surface area contributed by atoms with E-state index in [-0.39, 0.29) is 0 Å². The smallest absolute Gasteiger partial charge is 0.152 e. The van der Waals surface area contributed by atoms with Crippen molar-refractivity contribution in [1.82, 2.24) is 24.3 Å². The minimum absolute atomic E-state index is 0.751. The van der Waals surface area contributed by atoms with Crippen LogP contribution in [0.2, 0.25) is 0 Å². The first-order valence-corrected chi connectivity index (χ1v) is 7.26. The third-order valence-corrected chi connectivity index (χ3v) is 3.53. The van der Waals surface area contributed by atoms with Crippen molar-refractivity contribution in [1.29, 1.82) is 0 Å². The zero-order valence-corrected chi connectivity index (χ0v) is 12.5. The van der Waals surface area contributed by atoms with Crippen molar-refractivity contribution >= 4 is 16.7 Å². The topological polar surface area (TPSA) is 74.5 Å². The fourth-order valence-electron chi connectivity index (χ4n) is 2.57. The summed E-state index contributed by atoms with van der Waals surface area (Å²) in [5.74, 6) is 1.96. The highest BCUT2D eigenvalue weighted by molar-refractivity contribution is 5.79. The van der Waals surface area contributed by atoms with Crippen LogP contribution in [0.4, 0.5) is 5.69 Å². The number of aromatic nitrogens is 5. The zero-order valence-electron chi connectivity index (χ0n) is 12.5. The van der Waals surface area contributed by atoms with Gasteiger partial charge in [0.1, 0.15) is 12.2 Å². The highest BCUT2D eigenvalue weighted by atomic mass is 15.3. The molecule has 110 valence electrons. The van der Waals surface area contributed by atoms with E-state index in [1.807, 2.05) is 25.2 Å². The Balaban J connectivity index is 1.92. The van der Waals surface area contributed by atoms with Crippen LogP contribution >= 0.6 is 0 Å². The average Bonchev–Trinajstić information content (AvgIpc) is 3.00. The van der Waals surface area contributed by atoms with E-state index in [9.17, 15) is 0 Å². The van der Waals surface area contributed by atoms with Gasteiger partial charge in [0.15, 0.2) is 5.82 Å². The molecule has 0 saturated heterocycles. The molecule has 2 N–H and O–H groups in total. The predicted molar refractivity (Wildman–Crippen MR) is 82.8 cm³/mol. The van der Waals surface area contributed by atoms with E-state index in [2.05, 4.69) is 21.6 Å². The normalized spacial score (nSPS) is 11.3. The molecule has 0 aliphatic heterocycles. The molecule has 0 unspecified atom stereocenters. The molecule has 1 aromatic carbocycles. The van der Waals surface area contributed by atoms with Crippen molar-refractivity contribution in [2.75, 3.05) is 5.73 Å². The molecular formula is C15H20N6. The van der Waals surface area contributed by atoms with Crippen molar-refractivity contribution in [3.05, 3.63) is 36.2 Å². The van der Waals surface area contributed by atoms with Crippen LogP contribution in [0, 0.1) is 0 Å². The van der Waals surface area contributed by atoms with E-state index >= 15 is 0 Å². The Morgan fingerprint density at radius 1 is 1.24 bits per heavy atom. The maximum Gasteiger partial charge on any atom is 0.152 e. The zero-order chi connectivity index (χ0) is 14.8. The molecule has 0 bridgehead atoms. The van der Waals surface area contributed by atoms with Crippen molar-refractivity contribution in [3.63, 3.8) is 0 Å². The minimum Gasteiger partial charge on any atom is -0.399 e. The Labute approximate surface area is 123 Å². The third-order valence-electron chi connectivity index (χ3n) is 3.53. The summed E-state index contributed by atoms with van der Waals surface area (Å²) in [4.78, 5) is 9.00. The Kier molecular flexibility index (Phi) is 3.60. The number of imidazole rings is 1. The van der Waals surface area contributed by atoms with Gasteiger partial charge in [-0.1, -0.05) is 6.92 Å². The number of rotatable bonds is 5. The lowest BCUT2D eigenvalue weighted by Crippen LogP contribution is -2.07. The quantitative estimate of drug-likeness (QED) is 0.727. The van der Waals surface area contributed by atoms with Gasteiger partial charge in [0, 0.05) is 32.1 Å². The second kappa shape index (κ2) is 5.55. The third kappa shape index (κ3) is 2.74. The van der Waals surface area contributed by atoms with Gasteiger partial charge >= 0.3 is 0 Å². The van der Waals surface area contributed by atoms with Gasteiger partial charge in [-0.05, 0) is 24.6 Å². The van der Waals surface area contributed by atoms with Gasteiger partial charge in [-0.3, -0.25) is 4.68 Å². The highest BCUT2D eigenvalue weighted by Crippen LogP contribution is 2.20. The predicted octanol–water partition coefficient (Wildman–Crippen LogP) is 1.94. The van der Waals surface area contributed by atoms with E-state index in [0.717, 1.165) is 54.2 Å². The SMILES string of the molecule is CCCc1nc2cc(N)ccc2n1CCc1ncn(C)n1. The van der Waals surface area contributed by atoms with Gasteiger partial charge in [0.2, 0.25) is 0 Å². The summed E-state index contributed by atoms with van der Waals surface area (Å²) in [5, 5.41) is 4.33. The molecule has 3 rings (SSSR count). The molecule has 6 heteroatoms. The van der Waals surface area contributed by atoms with Gasteiger partial charge in [-0.2, -0.15) is 5.10 Å². The number of anilines is 1. The Bertz CT molecular complexity index is 755. The highest BCUT2D eigenvalue weighted by Gasteiger charge is 2.11. The van der Waals surface area contributed by atoms with Gasteiger partial charge in [0.05, 0.1) is 11.0 Å². The Morgan fingerprint density at radius 3 is 2.81 bits per heavy atom. The van der Waals surface area contributed by atoms with Crippen LogP contribution in [0.1, 0.15) is 25.0 Å². The molecule has 0 radical (unpaired) electrons. The van der Waals surface area contributed by atoms with Crippen molar-refractivity contribution in [2.45, 2.75) is 32.7 Å². The minimum atomic E-state index is 0.751. The summed E-state index contributed by atoms with van der Waals surface area (Å²) in [6.07, 6.45) is 4.56. The number of nitrogens with zero attached hydrogens (tertiary/aromatic N) is 5. The maximum atomic E-state index is 5.85. The standard InChI is InChI=1S/C15H20N6/c1-3-4-15-18-12-9-11(16)5-6-13(12)21(15)8-7-14-17-10-20(2)19-14/h5-6,9-10H,3-4,7-8,16H2,1-2H3. The van der Waals surface area contributed by atoms with Crippen LogP contribution in [0.5, 0.6) is 0 Å². The summed E-state index contributed by atoms with van der Waals surface area (Å²) in [7, 11) is 1.88. The largest absolute Gasteiger partial charge is 0.399 e. The van der Waals surface area contributed by atoms with E-state index < -0.39 is 0 Å². The molecule has 6 nitrogen and oxygen atoms in total. The summed E-state index contributed by atoms with van der Waals surface area (Å²) in [6.45, 7) is 3.00. The number of aryl methyl sites for hydroxylation is 4. The molecule has 0 aliphatic rings. The fourth-order valence-corrected chi connectivity index (χ4v) is 2.57. The molecule has 2 aromatic heterocycles. The maximum absolute atomic E-state index is 5.85. The van der Waals surface area contributed by atoms with Crippen LogP contribution in [0.3, 0.4) is 0 Å². The molecule has 3 aromatic rings. The van der Waals surface area contributed by atoms with Crippen LogP contribution < -0.4 is 5.73 Å². The van der Waals surface area contributed by atoms with Gasteiger partial charge in [0.25, 0.3) is 0 Å². The summed E-state index contributed by atoms with van der Waals surface area (Å²) >= 11 is 0. The second-order valence-electron chi connectivity index (χ2n) is 5.26. The monoisotopic (exact) mass is 284 g/mol. The molecule has 21 heavy (non-hydrogen) atoms. The molecule has 0 amide bonds. The summed E-state index contributed by atoms with van der Waals surface area (Å²) in [6, 6.07) is 5.90. The number of hydrogen-bond acceptors (Lipinski definition) is 4. The molecule has 0 fully saturated rings. The number of nitrogen functional groups attached to an aromatic ring is 1. The molecule has 0 aliphatic carbocycles. The van der Waals surface area contributed by atoms with E-state index in [1.54, 1.807) is 11.0 Å². The van der Waals surface area contributed by atoms with Crippen LogP contribution in [0.15, 0.2) is 24.5 Å². The number of nitrogens with two attached hydrogens (primary N) is 1. The van der Waals surface area contributed by atoms with E-state index in [0.29, 0.717) is 0 Å². The summed E-state index contributed by atoms with van der Waals surface area (Å²) in [5.41, 5.74) is 8.70. The average molecular weight is 284 g/mol. The van der Waals surface area contributed by atoms with Crippen molar-refractivity contribution in [3.8, 4) is 0 Å². The van der Waals surface area contributed by atoms with Crippen LogP contribution in [0.25, 0.3) is 11.0 Å². The molecular weight excluding hydrogens is 264 g/mol. The van der Waals surface area contributed by atoms with Gasteiger partial charge in [-0.15, -0.1) is 0 Å². The van der Waals surface area contributed by atoms with Crippen LogP contribution in [-0.4, -0.2) is 24.3 Å². The van der Waals surface area contributed by atoms with E-state index in [1.165, 1.54) is 0 Å². The lowest BCUT2D eigenvalue weighted by Gasteiger charge is -2.07.